The maximum atomic E-state index is 13.6. The number of nitrogens with two attached hydrogens (primary N) is 1. The molecular formula is C14H20F2N2. The first-order valence-electron chi connectivity index (χ1n) is 6.17. The highest BCUT2D eigenvalue weighted by atomic mass is 19.2. The first-order chi connectivity index (χ1) is 8.19. The fraction of sp³-hybridized carbons (Fsp3) is 0.571. The van der Waals surface area contributed by atoms with Gasteiger partial charge in [-0.05, 0) is 28.9 Å². The van der Waals surface area contributed by atoms with Gasteiger partial charge >= 0.3 is 0 Å². The molecule has 0 aliphatic heterocycles. The van der Waals surface area contributed by atoms with Gasteiger partial charge in [0.2, 0.25) is 0 Å². The largest absolute Gasteiger partial charge is 0.397 e. The molecule has 0 amide bonds. The van der Waals surface area contributed by atoms with Crippen molar-refractivity contribution in [2.75, 3.05) is 17.6 Å². The van der Waals surface area contributed by atoms with Crippen LogP contribution in [0.5, 0.6) is 0 Å². The van der Waals surface area contributed by atoms with Crippen LogP contribution in [0.25, 0.3) is 0 Å². The zero-order valence-electron chi connectivity index (χ0n) is 11.3. The smallest absolute Gasteiger partial charge is 0.183 e. The Balaban J connectivity index is 2.11. The molecule has 1 aliphatic rings. The Kier molecular flexibility index (Phi) is 2.80. The van der Waals surface area contributed by atoms with Gasteiger partial charge in [-0.15, -0.1) is 0 Å². The molecule has 0 aromatic heterocycles. The van der Waals surface area contributed by atoms with Crippen LogP contribution < -0.4 is 11.1 Å². The first kappa shape index (κ1) is 13.1. The van der Waals surface area contributed by atoms with Gasteiger partial charge in [-0.25, -0.2) is 8.78 Å². The predicted molar refractivity (Wildman–Crippen MR) is 70.3 cm³/mol. The van der Waals surface area contributed by atoms with Crippen LogP contribution >= 0.6 is 0 Å². The lowest BCUT2D eigenvalue weighted by atomic mass is 10.0. The molecule has 0 bridgehead atoms. The molecule has 3 N–H and O–H groups in total. The molecule has 1 saturated carbocycles. The summed E-state index contributed by atoms with van der Waals surface area (Å²) >= 11 is 0. The average molecular weight is 254 g/mol. The number of anilines is 2. The highest BCUT2D eigenvalue weighted by molar-refractivity contribution is 5.67. The van der Waals surface area contributed by atoms with E-state index < -0.39 is 11.6 Å². The van der Waals surface area contributed by atoms with Crippen molar-refractivity contribution >= 4 is 11.4 Å². The number of hydrogen-bond acceptors (Lipinski definition) is 2. The van der Waals surface area contributed by atoms with Crippen molar-refractivity contribution in [1.29, 1.82) is 0 Å². The predicted octanol–water partition coefficient (Wildman–Crippen LogP) is 3.64. The van der Waals surface area contributed by atoms with Crippen molar-refractivity contribution in [3.05, 3.63) is 23.8 Å². The van der Waals surface area contributed by atoms with E-state index in [9.17, 15) is 8.78 Å². The third-order valence-corrected chi connectivity index (χ3v) is 4.93. The van der Waals surface area contributed by atoms with Gasteiger partial charge < -0.3 is 11.1 Å². The topological polar surface area (TPSA) is 38.0 Å². The monoisotopic (exact) mass is 254 g/mol. The quantitative estimate of drug-likeness (QED) is 0.808. The fourth-order valence-corrected chi connectivity index (χ4v) is 2.79. The third-order valence-electron chi connectivity index (χ3n) is 4.93. The molecule has 0 radical (unpaired) electrons. The van der Waals surface area contributed by atoms with Crippen molar-refractivity contribution in [3.8, 4) is 0 Å². The Morgan fingerprint density at radius 1 is 1.17 bits per heavy atom. The van der Waals surface area contributed by atoms with Crippen molar-refractivity contribution < 1.29 is 8.78 Å². The van der Waals surface area contributed by atoms with Gasteiger partial charge in [0, 0.05) is 6.54 Å². The van der Waals surface area contributed by atoms with E-state index in [0.717, 1.165) is 6.07 Å². The Labute approximate surface area is 107 Å². The number of nitrogen functional groups attached to an aromatic ring is 1. The number of rotatable bonds is 3. The second-order valence-corrected chi connectivity index (χ2v) is 6.20. The average Bonchev–Trinajstić information content (AvgIpc) is 2.65. The molecular weight excluding hydrogens is 234 g/mol. The van der Waals surface area contributed by atoms with E-state index in [0.29, 0.717) is 12.5 Å². The van der Waals surface area contributed by atoms with Crippen molar-refractivity contribution in [1.82, 2.24) is 0 Å². The Morgan fingerprint density at radius 2 is 1.72 bits per heavy atom. The van der Waals surface area contributed by atoms with Crippen LogP contribution in [0.3, 0.4) is 0 Å². The molecule has 0 atom stereocenters. The molecule has 0 spiro atoms. The summed E-state index contributed by atoms with van der Waals surface area (Å²) in [5, 5.41) is 2.96. The van der Waals surface area contributed by atoms with E-state index in [2.05, 4.69) is 33.0 Å². The van der Waals surface area contributed by atoms with Crippen molar-refractivity contribution in [2.45, 2.75) is 27.7 Å². The second kappa shape index (κ2) is 3.84. The summed E-state index contributed by atoms with van der Waals surface area (Å²) in [5.74, 6) is -1.35. The van der Waals surface area contributed by atoms with E-state index in [4.69, 9.17) is 5.73 Å². The highest BCUT2D eigenvalue weighted by Crippen LogP contribution is 2.68. The van der Waals surface area contributed by atoms with Crippen LogP contribution in [0.4, 0.5) is 20.2 Å². The molecule has 1 aromatic rings. The summed E-state index contributed by atoms with van der Waals surface area (Å²) in [5.41, 5.74) is 6.39. The fourth-order valence-electron chi connectivity index (χ4n) is 2.79. The minimum atomic E-state index is -0.897. The summed E-state index contributed by atoms with van der Waals surface area (Å²) in [6.45, 7) is 9.34. The lowest BCUT2D eigenvalue weighted by Gasteiger charge is -2.11. The molecule has 0 heterocycles. The molecule has 2 rings (SSSR count). The maximum Gasteiger partial charge on any atom is 0.183 e. The molecule has 2 nitrogen and oxygen atoms in total. The minimum Gasteiger partial charge on any atom is -0.397 e. The lowest BCUT2D eigenvalue weighted by Crippen LogP contribution is -2.11. The normalized spacial score (nSPS) is 20.8. The summed E-state index contributed by atoms with van der Waals surface area (Å²) in [4.78, 5) is 0. The van der Waals surface area contributed by atoms with E-state index >= 15 is 0 Å². The second-order valence-electron chi connectivity index (χ2n) is 6.20. The summed E-state index contributed by atoms with van der Waals surface area (Å²) in [7, 11) is 0. The zero-order chi connectivity index (χ0) is 13.7. The highest BCUT2D eigenvalue weighted by Gasteiger charge is 2.64. The van der Waals surface area contributed by atoms with E-state index in [1.54, 1.807) is 0 Å². The van der Waals surface area contributed by atoms with E-state index in [1.807, 2.05) is 0 Å². The Hall–Kier alpha value is -1.32. The number of nitrogens with one attached hydrogen (secondary N) is 1. The van der Waals surface area contributed by atoms with Gasteiger partial charge in [0.25, 0.3) is 0 Å². The zero-order valence-corrected chi connectivity index (χ0v) is 11.3. The standard InChI is InChI=1S/C14H20F2N2/c1-13(2)10(14(13,3)4)7-18-12-9(17)6-5-8(15)11(12)16/h5-6,10,18H,7,17H2,1-4H3. The molecule has 0 unspecified atom stereocenters. The van der Waals surface area contributed by atoms with E-state index in [1.165, 1.54) is 6.07 Å². The van der Waals surface area contributed by atoms with Crippen LogP contribution in [0.2, 0.25) is 0 Å². The number of halogens is 2. The molecule has 0 saturated heterocycles. The van der Waals surface area contributed by atoms with Crippen LogP contribution in [0.15, 0.2) is 12.1 Å². The van der Waals surface area contributed by atoms with Crippen molar-refractivity contribution in [3.63, 3.8) is 0 Å². The minimum absolute atomic E-state index is 0.0773. The molecule has 1 aliphatic carbocycles. The van der Waals surface area contributed by atoms with Gasteiger partial charge in [0.05, 0.1) is 11.4 Å². The van der Waals surface area contributed by atoms with Gasteiger partial charge in [-0.1, -0.05) is 27.7 Å². The molecule has 1 fully saturated rings. The molecule has 18 heavy (non-hydrogen) atoms. The Bertz CT molecular complexity index is 467. The first-order valence-corrected chi connectivity index (χ1v) is 6.17. The van der Waals surface area contributed by atoms with Gasteiger partial charge in [0.15, 0.2) is 11.6 Å². The molecule has 100 valence electrons. The lowest BCUT2D eigenvalue weighted by molar-refractivity contribution is 0.457. The number of benzene rings is 1. The summed E-state index contributed by atoms with van der Waals surface area (Å²) in [6.07, 6.45) is 0. The SMILES string of the molecule is CC1(C)C(CNc2c(N)ccc(F)c2F)C1(C)C. The summed E-state index contributed by atoms with van der Waals surface area (Å²) in [6, 6.07) is 2.42. The number of hydrogen-bond donors (Lipinski definition) is 2. The summed E-state index contributed by atoms with van der Waals surface area (Å²) < 4.78 is 26.7. The van der Waals surface area contributed by atoms with Crippen LogP contribution in [-0.4, -0.2) is 6.54 Å². The van der Waals surface area contributed by atoms with Gasteiger partial charge in [-0.3, -0.25) is 0 Å². The molecule has 4 heteroatoms. The maximum absolute atomic E-state index is 13.6. The van der Waals surface area contributed by atoms with Crippen LogP contribution in [-0.2, 0) is 0 Å². The molecule has 1 aromatic carbocycles. The Morgan fingerprint density at radius 3 is 2.22 bits per heavy atom. The third kappa shape index (κ3) is 1.74. The van der Waals surface area contributed by atoms with Gasteiger partial charge in [-0.2, -0.15) is 0 Å². The van der Waals surface area contributed by atoms with E-state index in [-0.39, 0.29) is 22.2 Å². The van der Waals surface area contributed by atoms with Gasteiger partial charge in [0.1, 0.15) is 0 Å². The van der Waals surface area contributed by atoms with Crippen molar-refractivity contribution in [2.24, 2.45) is 16.7 Å². The van der Waals surface area contributed by atoms with Crippen LogP contribution in [0, 0.1) is 28.4 Å². The van der Waals surface area contributed by atoms with Crippen LogP contribution in [0.1, 0.15) is 27.7 Å².